The minimum Gasteiger partial charge on any atom is -0.421 e. The van der Waals surface area contributed by atoms with Crippen LogP contribution in [-0.4, -0.2) is 24.9 Å². The predicted octanol–water partition coefficient (Wildman–Crippen LogP) is 1.29. The summed E-state index contributed by atoms with van der Waals surface area (Å²) in [4.78, 5) is 8.19. The largest absolute Gasteiger partial charge is 0.421 e. The lowest BCUT2D eigenvalue weighted by Gasteiger charge is -2.03. The molecular weight excluding hydrogens is 220 g/mol. The molecule has 0 saturated carbocycles. The van der Waals surface area contributed by atoms with E-state index < -0.39 is 0 Å². The Hall–Kier alpha value is -1.95. The van der Waals surface area contributed by atoms with Gasteiger partial charge in [0.05, 0.1) is 24.7 Å². The Morgan fingerprint density at radius 1 is 1.41 bits per heavy atom. The number of aryl methyl sites for hydroxylation is 2. The molecule has 6 nitrogen and oxygen atoms in total. The van der Waals surface area contributed by atoms with E-state index in [1.807, 2.05) is 13.8 Å². The molecule has 0 aliphatic rings. The number of ether oxygens (including phenoxy) is 1. The Kier molecular flexibility index (Phi) is 3.34. The van der Waals surface area contributed by atoms with E-state index in [0.717, 1.165) is 12.2 Å². The maximum atomic E-state index is 9.03. The minimum atomic E-state index is -0.131. The fourth-order valence-corrected chi connectivity index (χ4v) is 1.41. The second-order valence-electron chi connectivity index (χ2n) is 3.58. The number of nitrogens with zero attached hydrogens (tertiary/aromatic N) is 4. The van der Waals surface area contributed by atoms with Gasteiger partial charge in [-0.2, -0.15) is 10.1 Å². The van der Waals surface area contributed by atoms with Gasteiger partial charge < -0.3 is 9.84 Å². The summed E-state index contributed by atoms with van der Waals surface area (Å²) in [5, 5.41) is 13.1. The fourth-order valence-electron chi connectivity index (χ4n) is 1.41. The molecule has 0 aliphatic heterocycles. The highest BCUT2D eigenvalue weighted by molar-refractivity contribution is 5.19. The molecule has 2 heterocycles. The van der Waals surface area contributed by atoms with Crippen molar-refractivity contribution in [2.45, 2.75) is 27.0 Å². The average molecular weight is 234 g/mol. The van der Waals surface area contributed by atoms with Gasteiger partial charge in [0.25, 0.3) is 0 Å². The summed E-state index contributed by atoms with van der Waals surface area (Å²) in [5.74, 6) is 0.585. The monoisotopic (exact) mass is 234 g/mol. The highest BCUT2D eigenvalue weighted by atomic mass is 16.5. The molecule has 0 radical (unpaired) electrons. The van der Waals surface area contributed by atoms with Crippen molar-refractivity contribution in [3.8, 4) is 11.8 Å². The van der Waals surface area contributed by atoms with Crippen molar-refractivity contribution in [3.05, 3.63) is 29.8 Å². The van der Waals surface area contributed by atoms with Crippen LogP contribution in [-0.2, 0) is 13.2 Å². The molecule has 90 valence electrons. The van der Waals surface area contributed by atoms with E-state index in [9.17, 15) is 0 Å². The molecular formula is C11H14N4O2. The summed E-state index contributed by atoms with van der Waals surface area (Å²) < 4.78 is 7.22. The van der Waals surface area contributed by atoms with Crippen LogP contribution in [0.2, 0.25) is 0 Å². The standard InChI is InChI=1S/C11H14N4O2/c1-3-15-6-10(5-12-15)17-11-13-8(2)4-9(7-16)14-11/h4-6,16H,3,7H2,1-2H3. The Morgan fingerprint density at radius 3 is 2.88 bits per heavy atom. The lowest BCUT2D eigenvalue weighted by Crippen LogP contribution is -1.98. The first kappa shape index (κ1) is 11.5. The van der Waals surface area contributed by atoms with Crippen LogP contribution in [0.4, 0.5) is 0 Å². The molecule has 0 amide bonds. The van der Waals surface area contributed by atoms with Crippen molar-refractivity contribution in [1.82, 2.24) is 19.7 Å². The van der Waals surface area contributed by atoms with E-state index in [1.165, 1.54) is 0 Å². The molecule has 0 fully saturated rings. The number of aromatic nitrogens is 4. The van der Waals surface area contributed by atoms with Crippen molar-refractivity contribution >= 4 is 0 Å². The number of hydrogen-bond acceptors (Lipinski definition) is 5. The number of aliphatic hydroxyl groups excluding tert-OH is 1. The van der Waals surface area contributed by atoms with Gasteiger partial charge in [-0.05, 0) is 19.9 Å². The van der Waals surface area contributed by atoms with Gasteiger partial charge in [-0.1, -0.05) is 0 Å². The molecule has 0 unspecified atom stereocenters. The normalized spacial score (nSPS) is 10.5. The molecule has 1 N–H and O–H groups in total. The SMILES string of the molecule is CCn1cc(Oc2nc(C)cc(CO)n2)cn1. The smallest absolute Gasteiger partial charge is 0.322 e. The zero-order chi connectivity index (χ0) is 12.3. The van der Waals surface area contributed by atoms with E-state index >= 15 is 0 Å². The quantitative estimate of drug-likeness (QED) is 0.862. The predicted molar refractivity (Wildman–Crippen MR) is 60.7 cm³/mol. The first-order chi connectivity index (χ1) is 8.21. The summed E-state index contributed by atoms with van der Waals surface area (Å²) in [6.45, 7) is 4.46. The third-order valence-electron chi connectivity index (χ3n) is 2.19. The average Bonchev–Trinajstić information content (AvgIpc) is 2.76. The van der Waals surface area contributed by atoms with Crippen LogP contribution in [0, 0.1) is 6.92 Å². The first-order valence-corrected chi connectivity index (χ1v) is 5.37. The van der Waals surface area contributed by atoms with Crippen molar-refractivity contribution in [1.29, 1.82) is 0 Å². The Bertz CT molecular complexity index is 510. The summed E-state index contributed by atoms with van der Waals surface area (Å²) in [6.07, 6.45) is 3.37. The van der Waals surface area contributed by atoms with Crippen LogP contribution in [0.5, 0.6) is 11.8 Å². The topological polar surface area (TPSA) is 73.1 Å². The van der Waals surface area contributed by atoms with Gasteiger partial charge in [-0.25, -0.2) is 4.98 Å². The van der Waals surface area contributed by atoms with Crippen molar-refractivity contribution in [2.24, 2.45) is 0 Å². The van der Waals surface area contributed by atoms with E-state index in [0.29, 0.717) is 11.4 Å². The van der Waals surface area contributed by atoms with E-state index in [4.69, 9.17) is 9.84 Å². The van der Waals surface area contributed by atoms with Crippen LogP contribution in [0.15, 0.2) is 18.5 Å². The van der Waals surface area contributed by atoms with E-state index in [-0.39, 0.29) is 12.6 Å². The molecule has 0 aromatic carbocycles. The molecule has 0 aliphatic carbocycles. The van der Waals surface area contributed by atoms with Gasteiger partial charge in [0.1, 0.15) is 0 Å². The summed E-state index contributed by atoms with van der Waals surface area (Å²) in [5.41, 5.74) is 1.29. The molecule has 0 bridgehead atoms. The van der Waals surface area contributed by atoms with Gasteiger partial charge in [0, 0.05) is 12.2 Å². The number of rotatable bonds is 4. The van der Waals surface area contributed by atoms with Crippen molar-refractivity contribution in [2.75, 3.05) is 0 Å². The zero-order valence-corrected chi connectivity index (χ0v) is 9.79. The summed E-state index contributed by atoms with van der Waals surface area (Å²) in [7, 11) is 0. The second kappa shape index (κ2) is 4.92. The van der Waals surface area contributed by atoms with Gasteiger partial charge >= 0.3 is 6.01 Å². The van der Waals surface area contributed by atoms with Crippen LogP contribution < -0.4 is 4.74 Å². The summed E-state index contributed by atoms with van der Waals surface area (Å²) >= 11 is 0. The minimum absolute atomic E-state index is 0.131. The molecule has 17 heavy (non-hydrogen) atoms. The molecule has 0 atom stereocenters. The van der Waals surface area contributed by atoms with Gasteiger partial charge in [-0.15, -0.1) is 0 Å². The highest BCUT2D eigenvalue weighted by Gasteiger charge is 2.05. The maximum absolute atomic E-state index is 9.03. The summed E-state index contributed by atoms with van der Waals surface area (Å²) in [6, 6.07) is 1.94. The first-order valence-electron chi connectivity index (χ1n) is 5.37. The Morgan fingerprint density at radius 2 is 2.24 bits per heavy atom. The number of hydrogen-bond donors (Lipinski definition) is 1. The van der Waals surface area contributed by atoms with Gasteiger partial charge in [0.15, 0.2) is 5.75 Å². The Balaban J connectivity index is 2.20. The molecule has 2 aromatic heterocycles. The fraction of sp³-hybridized carbons (Fsp3) is 0.364. The zero-order valence-electron chi connectivity index (χ0n) is 9.79. The van der Waals surface area contributed by atoms with Crippen LogP contribution in [0.1, 0.15) is 18.3 Å². The van der Waals surface area contributed by atoms with Crippen LogP contribution in [0.25, 0.3) is 0 Å². The van der Waals surface area contributed by atoms with Gasteiger partial charge in [0.2, 0.25) is 0 Å². The van der Waals surface area contributed by atoms with E-state index in [2.05, 4.69) is 15.1 Å². The molecule has 2 rings (SSSR count). The molecule has 2 aromatic rings. The second-order valence-corrected chi connectivity index (χ2v) is 3.58. The number of aliphatic hydroxyl groups is 1. The molecule has 0 spiro atoms. The Labute approximate surface area is 98.9 Å². The third kappa shape index (κ3) is 2.79. The van der Waals surface area contributed by atoms with Gasteiger partial charge in [-0.3, -0.25) is 4.68 Å². The third-order valence-corrected chi connectivity index (χ3v) is 2.19. The van der Waals surface area contributed by atoms with Crippen LogP contribution in [0.3, 0.4) is 0 Å². The molecule has 6 heteroatoms. The van der Waals surface area contributed by atoms with Crippen molar-refractivity contribution < 1.29 is 9.84 Å². The van der Waals surface area contributed by atoms with Crippen molar-refractivity contribution in [3.63, 3.8) is 0 Å². The molecule has 0 saturated heterocycles. The lowest BCUT2D eigenvalue weighted by molar-refractivity contribution is 0.274. The van der Waals surface area contributed by atoms with Crippen LogP contribution >= 0.6 is 0 Å². The maximum Gasteiger partial charge on any atom is 0.322 e. The lowest BCUT2D eigenvalue weighted by atomic mass is 10.3. The highest BCUT2D eigenvalue weighted by Crippen LogP contribution is 2.17. The van der Waals surface area contributed by atoms with E-state index in [1.54, 1.807) is 23.1 Å².